The van der Waals surface area contributed by atoms with Gasteiger partial charge in [0.25, 0.3) is 0 Å². The van der Waals surface area contributed by atoms with Gasteiger partial charge in [0.05, 0.1) is 28.2 Å². The van der Waals surface area contributed by atoms with Gasteiger partial charge in [-0.3, -0.25) is 4.98 Å². The first kappa shape index (κ1) is 23.9. The third-order valence-electron chi connectivity index (χ3n) is 6.27. The van der Waals surface area contributed by atoms with Gasteiger partial charge in [0, 0.05) is 29.8 Å². The quantitative estimate of drug-likeness (QED) is 0.233. The van der Waals surface area contributed by atoms with E-state index in [2.05, 4.69) is 30.6 Å². The van der Waals surface area contributed by atoms with Gasteiger partial charge in [-0.05, 0) is 39.7 Å². The Labute approximate surface area is 210 Å². The molecule has 0 bridgehead atoms. The predicted octanol–water partition coefficient (Wildman–Crippen LogP) is 3.01. The first-order valence-electron chi connectivity index (χ1n) is 11.3. The van der Waals surface area contributed by atoms with E-state index in [1.165, 1.54) is 22.7 Å². The largest absolute Gasteiger partial charge is 0.396 e. The maximum absolute atomic E-state index is 11.3. The van der Waals surface area contributed by atoms with Crippen molar-refractivity contribution in [3.8, 4) is 10.6 Å². The van der Waals surface area contributed by atoms with Crippen LogP contribution in [0, 0.1) is 26.7 Å². The highest BCUT2D eigenvalue weighted by atomic mass is 32.1. The lowest BCUT2D eigenvalue weighted by Gasteiger charge is -2.31. The van der Waals surface area contributed by atoms with Crippen molar-refractivity contribution >= 4 is 44.7 Å². The van der Waals surface area contributed by atoms with Crippen LogP contribution in [0.2, 0.25) is 0 Å². The zero-order chi connectivity index (χ0) is 24.7. The molecule has 4 heterocycles. The van der Waals surface area contributed by atoms with Crippen LogP contribution in [0.4, 0.5) is 11.8 Å². The molecule has 5 rings (SSSR count). The number of rotatable bonds is 7. The Hall–Kier alpha value is -2.77. The minimum Gasteiger partial charge on any atom is -0.396 e. The third kappa shape index (κ3) is 4.59. The fraction of sp³-hybridized carbons (Fsp3) is 0.435. The van der Waals surface area contributed by atoms with Crippen LogP contribution >= 0.6 is 22.7 Å². The molecule has 12 heteroatoms. The van der Waals surface area contributed by atoms with Crippen molar-refractivity contribution in [1.82, 2.24) is 24.9 Å². The number of aryl methyl sites for hydroxylation is 3. The lowest BCUT2D eigenvalue weighted by molar-refractivity contribution is -0.0545. The number of hydrogen-bond acceptors (Lipinski definition) is 12. The molecule has 0 aromatic carbocycles. The molecule has 35 heavy (non-hydrogen) atoms. The second-order valence-electron chi connectivity index (χ2n) is 8.83. The maximum atomic E-state index is 11.3. The Kier molecular flexibility index (Phi) is 6.40. The fourth-order valence-electron chi connectivity index (χ4n) is 4.46. The number of aliphatic hydroxyl groups excluding tert-OH is 2. The van der Waals surface area contributed by atoms with Crippen molar-refractivity contribution in [2.24, 2.45) is 5.92 Å². The van der Waals surface area contributed by atoms with E-state index in [1.807, 2.05) is 32.2 Å². The highest BCUT2D eigenvalue weighted by Gasteiger charge is 2.47. The summed E-state index contributed by atoms with van der Waals surface area (Å²) < 4.78 is 1.00. The van der Waals surface area contributed by atoms with Crippen LogP contribution in [-0.4, -0.2) is 58.7 Å². The number of anilines is 2. The molecule has 0 amide bonds. The molecular formula is C23H27N7O3S2. The molecule has 184 valence electrons. The van der Waals surface area contributed by atoms with Crippen molar-refractivity contribution in [2.45, 2.75) is 52.0 Å². The van der Waals surface area contributed by atoms with Gasteiger partial charge in [-0.15, -0.1) is 22.7 Å². The molecule has 4 aromatic heterocycles. The average molecular weight is 514 g/mol. The zero-order valence-corrected chi connectivity index (χ0v) is 21.2. The molecule has 10 nitrogen and oxygen atoms in total. The van der Waals surface area contributed by atoms with Crippen LogP contribution in [0.3, 0.4) is 0 Å². The Morgan fingerprint density at radius 3 is 2.69 bits per heavy atom. The number of aliphatic hydroxyl groups is 3. The van der Waals surface area contributed by atoms with Crippen molar-refractivity contribution < 1.29 is 15.3 Å². The van der Waals surface area contributed by atoms with E-state index in [1.54, 1.807) is 6.20 Å². The van der Waals surface area contributed by atoms with Crippen LogP contribution in [-0.2, 0) is 6.54 Å². The van der Waals surface area contributed by atoms with E-state index < -0.39 is 17.7 Å². The van der Waals surface area contributed by atoms with Gasteiger partial charge in [0.15, 0.2) is 5.72 Å². The predicted molar refractivity (Wildman–Crippen MR) is 136 cm³/mol. The van der Waals surface area contributed by atoms with Crippen LogP contribution in [0.25, 0.3) is 20.8 Å². The van der Waals surface area contributed by atoms with Crippen LogP contribution in [0.1, 0.15) is 34.9 Å². The number of nitrogens with zero attached hydrogens (tertiary/aromatic N) is 5. The molecule has 0 aliphatic heterocycles. The molecule has 1 fully saturated rings. The summed E-state index contributed by atoms with van der Waals surface area (Å²) in [6, 6.07) is 2.00. The minimum atomic E-state index is -1.64. The molecule has 1 saturated carbocycles. The summed E-state index contributed by atoms with van der Waals surface area (Å²) in [4.78, 5) is 23.0. The SMILES string of the molecule is Cc1cc2sc(-c3c(C)nc(NCc4nccs4)nc3NC3(O)CCC(CO)C3O)nc2c(C)n1. The topological polar surface area (TPSA) is 149 Å². The average Bonchev–Trinajstić information content (AvgIpc) is 3.53. The van der Waals surface area contributed by atoms with Gasteiger partial charge in [0.2, 0.25) is 5.95 Å². The molecule has 1 aliphatic rings. The first-order valence-corrected chi connectivity index (χ1v) is 13.0. The second-order valence-corrected chi connectivity index (χ2v) is 10.8. The number of thiazole rings is 2. The van der Waals surface area contributed by atoms with Gasteiger partial charge < -0.3 is 26.0 Å². The number of aromatic nitrogens is 5. The van der Waals surface area contributed by atoms with E-state index in [0.29, 0.717) is 41.0 Å². The van der Waals surface area contributed by atoms with Gasteiger partial charge in [0.1, 0.15) is 27.5 Å². The van der Waals surface area contributed by atoms with Gasteiger partial charge in [-0.25, -0.2) is 15.0 Å². The number of pyridine rings is 1. The Balaban J connectivity index is 1.58. The van der Waals surface area contributed by atoms with E-state index >= 15 is 0 Å². The van der Waals surface area contributed by atoms with E-state index in [9.17, 15) is 15.3 Å². The second kappa shape index (κ2) is 9.36. The summed E-state index contributed by atoms with van der Waals surface area (Å²) in [6.45, 7) is 6.00. The van der Waals surface area contributed by atoms with E-state index in [4.69, 9.17) is 4.98 Å². The Bertz CT molecular complexity index is 1360. The van der Waals surface area contributed by atoms with E-state index in [0.717, 1.165) is 26.6 Å². The molecule has 3 atom stereocenters. The van der Waals surface area contributed by atoms with Gasteiger partial charge in [-0.2, -0.15) is 4.98 Å². The van der Waals surface area contributed by atoms with Crippen LogP contribution in [0.15, 0.2) is 17.6 Å². The van der Waals surface area contributed by atoms with E-state index in [-0.39, 0.29) is 13.0 Å². The highest BCUT2D eigenvalue weighted by molar-refractivity contribution is 7.21. The number of hydrogen-bond donors (Lipinski definition) is 5. The normalized spacial score (nSPS) is 22.1. The van der Waals surface area contributed by atoms with Crippen LogP contribution in [0.5, 0.6) is 0 Å². The standard InChI is InChI=1S/C23H27N7O3S2/c1-11-8-15-18(13(3)26-11)28-21(35-15)17-12(2)27-22(25-9-16-24-6-7-34-16)29-20(17)30-23(33)5-4-14(10-31)19(23)32/h6-8,14,19,31-33H,4-5,9-10H2,1-3H3,(H2,25,27,29,30). The minimum absolute atomic E-state index is 0.203. The summed E-state index contributed by atoms with van der Waals surface area (Å²) in [5, 5.41) is 41.4. The zero-order valence-electron chi connectivity index (χ0n) is 19.6. The maximum Gasteiger partial charge on any atom is 0.225 e. The summed E-state index contributed by atoms with van der Waals surface area (Å²) in [5.41, 5.74) is 2.24. The Morgan fingerprint density at radius 2 is 1.97 bits per heavy atom. The molecule has 5 N–H and O–H groups in total. The summed E-state index contributed by atoms with van der Waals surface area (Å²) in [7, 11) is 0. The highest BCUT2D eigenvalue weighted by Crippen LogP contribution is 2.41. The smallest absolute Gasteiger partial charge is 0.225 e. The molecule has 4 aromatic rings. The van der Waals surface area contributed by atoms with Gasteiger partial charge >= 0.3 is 0 Å². The van der Waals surface area contributed by atoms with Crippen molar-refractivity contribution in [1.29, 1.82) is 0 Å². The first-order chi connectivity index (χ1) is 16.8. The van der Waals surface area contributed by atoms with Gasteiger partial charge in [-0.1, -0.05) is 0 Å². The lowest BCUT2D eigenvalue weighted by Crippen LogP contribution is -2.48. The molecule has 0 spiro atoms. The fourth-order valence-corrected chi connectivity index (χ4v) is 6.23. The number of nitrogens with one attached hydrogen (secondary N) is 2. The van der Waals surface area contributed by atoms with Crippen molar-refractivity contribution in [2.75, 3.05) is 17.2 Å². The molecular weight excluding hydrogens is 486 g/mol. The van der Waals surface area contributed by atoms with Crippen molar-refractivity contribution in [3.63, 3.8) is 0 Å². The summed E-state index contributed by atoms with van der Waals surface area (Å²) in [6.07, 6.45) is 1.35. The molecule has 0 radical (unpaired) electrons. The number of fused-ring (bicyclic) bond motifs is 1. The molecule has 3 unspecified atom stereocenters. The van der Waals surface area contributed by atoms with Crippen molar-refractivity contribution in [3.05, 3.63) is 39.7 Å². The summed E-state index contributed by atoms with van der Waals surface area (Å²) in [5.74, 6) is 0.315. The summed E-state index contributed by atoms with van der Waals surface area (Å²) >= 11 is 3.03. The molecule has 0 saturated heterocycles. The third-order valence-corrected chi connectivity index (χ3v) is 8.07. The Morgan fingerprint density at radius 1 is 1.14 bits per heavy atom. The lowest BCUT2D eigenvalue weighted by atomic mass is 10.0. The monoisotopic (exact) mass is 513 g/mol. The molecule has 1 aliphatic carbocycles. The van der Waals surface area contributed by atoms with Crippen LogP contribution < -0.4 is 10.6 Å².